The van der Waals surface area contributed by atoms with Crippen molar-refractivity contribution in [1.82, 2.24) is 5.32 Å². The van der Waals surface area contributed by atoms with Crippen LogP contribution in [-0.2, 0) is 6.42 Å². The third-order valence-electron chi connectivity index (χ3n) is 2.63. The fourth-order valence-corrected chi connectivity index (χ4v) is 2.22. The summed E-state index contributed by atoms with van der Waals surface area (Å²) in [5.74, 6) is 5.40. The molecule has 0 fully saturated rings. The van der Waals surface area contributed by atoms with Crippen molar-refractivity contribution in [3.8, 4) is 18.1 Å². The minimum absolute atomic E-state index is 0.477. The van der Waals surface area contributed by atoms with E-state index in [1.54, 1.807) is 18.9 Å². The molecule has 18 heavy (non-hydrogen) atoms. The molecule has 0 radical (unpaired) electrons. The van der Waals surface area contributed by atoms with Gasteiger partial charge in [-0.1, -0.05) is 18.1 Å². The molecule has 0 aliphatic carbocycles. The molecule has 0 aromatic heterocycles. The molecule has 3 heteroatoms. The van der Waals surface area contributed by atoms with Gasteiger partial charge < -0.3 is 10.1 Å². The zero-order valence-electron chi connectivity index (χ0n) is 11.1. The van der Waals surface area contributed by atoms with E-state index in [4.69, 9.17) is 11.2 Å². The van der Waals surface area contributed by atoms with Crippen molar-refractivity contribution in [2.24, 2.45) is 0 Å². The number of methoxy groups -OCH3 is 1. The zero-order valence-corrected chi connectivity index (χ0v) is 11.9. The van der Waals surface area contributed by atoms with Crippen LogP contribution < -0.4 is 10.1 Å². The molecule has 1 rings (SSSR count). The molecule has 1 aromatic rings. The topological polar surface area (TPSA) is 21.3 Å². The van der Waals surface area contributed by atoms with Gasteiger partial charge in [-0.2, -0.15) is 0 Å². The standard InChI is InChI=1S/C15H21NOS/c1-4-10-18-11-9-16-13(2)12-14-5-7-15(17-3)8-6-14/h1,5-8,13,16H,9-12H2,2-3H3. The van der Waals surface area contributed by atoms with Crippen molar-refractivity contribution in [2.75, 3.05) is 25.2 Å². The van der Waals surface area contributed by atoms with Gasteiger partial charge in [0.15, 0.2) is 0 Å². The number of hydrogen-bond donors (Lipinski definition) is 1. The molecule has 0 saturated heterocycles. The van der Waals surface area contributed by atoms with Crippen LogP contribution in [0.3, 0.4) is 0 Å². The average Bonchev–Trinajstić information content (AvgIpc) is 2.39. The average molecular weight is 263 g/mol. The molecule has 1 aromatic carbocycles. The molecule has 2 nitrogen and oxygen atoms in total. The van der Waals surface area contributed by atoms with Gasteiger partial charge in [0.25, 0.3) is 0 Å². The molecule has 0 amide bonds. The number of rotatable bonds is 8. The van der Waals surface area contributed by atoms with Gasteiger partial charge in [-0.25, -0.2) is 0 Å². The molecule has 1 atom stereocenters. The van der Waals surface area contributed by atoms with Crippen LogP contribution in [0.5, 0.6) is 5.75 Å². The molecule has 0 bridgehead atoms. The van der Waals surface area contributed by atoms with Gasteiger partial charge in [0, 0.05) is 18.3 Å². The van der Waals surface area contributed by atoms with Crippen molar-refractivity contribution in [1.29, 1.82) is 0 Å². The van der Waals surface area contributed by atoms with E-state index in [2.05, 4.69) is 30.3 Å². The summed E-state index contributed by atoms with van der Waals surface area (Å²) >= 11 is 1.79. The van der Waals surface area contributed by atoms with Crippen LogP contribution in [0.15, 0.2) is 24.3 Å². The summed E-state index contributed by atoms with van der Waals surface area (Å²) in [6.07, 6.45) is 6.23. The van der Waals surface area contributed by atoms with Gasteiger partial charge in [0.1, 0.15) is 5.75 Å². The summed E-state index contributed by atoms with van der Waals surface area (Å²) in [4.78, 5) is 0. The number of terminal acetylenes is 1. The highest BCUT2D eigenvalue weighted by Crippen LogP contribution is 2.12. The first-order valence-corrected chi connectivity index (χ1v) is 7.29. The Morgan fingerprint density at radius 2 is 2.11 bits per heavy atom. The predicted molar refractivity (Wildman–Crippen MR) is 80.3 cm³/mol. The highest BCUT2D eigenvalue weighted by atomic mass is 32.2. The number of hydrogen-bond acceptors (Lipinski definition) is 3. The first kappa shape index (κ1) is 14.9. The van der Waals surface area contributed by atoms with Crippen molar-refractivity contribution < 1.29 is 4.74 Å². The van der Waals surface area contributed by atoms with E-state index in [1.165, 1.54) is 5.56 Å². The van der Waals surface area contributed by atoms with E-state index in [0.29, 0.717) is 6.04 Å². The van der Waals surface area contributed by atoms with E-state index in [9.17, 15) is 0 Å². The second-order valence-electron chi connectivity index (χ2n) is 4.16. The van der Waals surface area contributed by atoms with E-state index < -0.39 is 0 Å². The van der Waals surface area contributed by atoms with Crippen molar-refractivity contribution in [2.45, 2.75) is 19.4 Å². The van der Waals surface area contributed by atoms with Gasteiger partial charge in [-0.3, -0.25) is 0 Å². The van der Waals surface area contributed by atoms with Crippen LogP contribution in [0.4, 0.5) is 0 Å². The Balaban J connectivity index is 2.22. The lowest BCUT2D eigenvalue weighted by Crippen LogP contribution is -2.30. The Labute approximate surface area is 115 Å². The maximum Gasteiger partial charge on any atom is 0.118 e. The number of benzene rings is 1. The normalized spacial score (nSPS) is 11.8. The molecule has 0 saturated carbocycles. The molecule has 98 valence electrons. The van der Waals surface area contributed by atoms with Crippen molar-refractivity contribution in [3.05, 3.63) is 29.8 Å². The van der Waals surface area contributed by atoms with E-state index in [1.807, 2.05) is 12.1 Å². The Morgan fingerprint density at radius 3 is 2.72 bits per heavy atom. The van der Waals surface area contributed by atoms with Gasteiger partial charge in [-0.05, 0) is 31.0 Å². The minimum Gasteiger partial charge on any atom is -0.497 e. The van der Waals surface area contributed by atoms with Crippen molar-refractivity contribution >= 4 is 11.8 Å². The van der Waals surface area contributed by atoms with Crippen LogP contribution in [0.2, 0.25) is 0 Å². The lowest BCUT2D eigenvalue weighted by atomic mass is 10.1. The summed E-state index contributed by atoms with van der Waals surface area (Å²) in [5.41, 5.74) is 1.33. The maximum atomic E-state index is 5.19. The second-order valence-corrected chi connectivity index (χ2v) is 5.27. The third kappa shape index (κ3) is 6.00. The predicted octanol–water partition coefficient (Wildman–Crippen LogP) is 2.58. The molecule has 1 unspecified atom stereocenters. The first-order valence-electron chi connectivity index (χ1n) is 6.13. The molecule has 1 N–H and O–H groups in total. The fraction of sp³-hybridized carbons (Fsp3) is 0.467. The van der Waals surface area contributed by atoms with Crippen LogP contribution in [0.1, 0.15) is 12.5 Å². The second kappa shape index (κ2) is 8.91. The van der Waals surface area contributed by atoms with Gasteiger partial charge in [0.05, 0.1) is 12.9 Å². The minimum atomic E-state index is 0.477. The summed E-state index contributed by atoms with van der Waals surface area (Å²) in [6, 6.07) is 8.72. The van der Waals surface area contributed by atoms with E-state index in [-0.39, 0.29) is 0 Å². The lowest BCUT2D eigenvalue weighted by Gasteiger charge is -2.13. The van der Waals surface area contributed by atoms with Gasteiger partial charge >= 0.3 is 0 Å². The highest BCUT2D eigenvalue weighted by molar-refractivity contribution is 7.99. The molecule has 0 aliphatic rings. The lowest BCUT2D eigenvalue weighted by molar-refractivity contribution is 0.414. The number of thioether (sulfide) groups is 1. The molecule has 0 heterocycles. The van der Waals surface area contributed by atoms with Gasteiger partial charge in [0.2, 0.25) is 0 Å². The van der Waals surface area contributed by atoms with Crippen LogP contribution >= 0.6 is 11.8 Å². The first-order chi connectivity index (χ1) is 8.76. The van der Waals surface area contributed by atoms with E-state index in [0.717, 1.165) is 30.2 Å². The van der Waals surface area contributed by atoms with Gasteiger partial charge in [-0.15, -0.1) is 18.2 Å². The summed E-state index contributed by atoms with van der Waals surface area (Å²) in [6.45, 7) is 3.21. The largest absolute Gasteiger partial charge is 0.497 e. The zero-order chi connectivity index (χ0) is 13.2. The summed E-state index contributed by atoms with van der Waals surface area (Å²) < 4.78 is 5.14. The number of nitrogens with one attached hydrogen (secondary N) is 1. The van der Waals surface area contributed by atoms with Crippen LogP contribution in [-0.4, -0.2) is 31.2 Å². The Hall–Kier alpha value is -1.11. The summed E-state index contributed by atoms with van der Waals surface area (Å²) in [7, 11) is 1.69. The molecule has 0 spiro atoms. The third-order valence-corrected chi connectivity index (χ3v) is 3.49. The van der Waals surface area contributed by atoms with E-state index >= 15 is 0 Å². The monoisotopic (exact) mass is 263 g/mol. The number of ether oxygens (including phenoxy) is 1. The molecule has 0 aliphatic heterocycles. The SMILES string of the molecule is C#CCSCCNC(C)Cc1ccc(OC)cc1. The Bertz CT molecular complexity index is 369. The summed E-state index contributed by atoms with van der Waals surface area (Å²) in [5, 5.41) is 3.50. The molecular weight excluding hydrogens is 242 g/mol. The maximum absolute atomic E-state index is 5.19. The molecular formula is C15H21NOS. The quantitative estimate of drug-likeness (QED) is 0.575. The van der Waals surface area contributed by atoms with Crippen LogP contribution in [0.25, 0.3) is 0 Å². The smallest absolute Gasteiger partial charge is 0.118 e. The highest BCUT2D eigenvalue weighted by Gasteiger charge is 2.02. The fourth-order valence-electron chi connectivity index (χ4n) is 1.70. The van der Waals surface area contributed by atoms with Crippen molar-refractivity contribution in [3.63, 3.8) is 0 Å². The Kier molecular flexibility index (Phi) is 7.40. The Morgan fingerprint density at radius 1 is 1.39 bits per heavy atom. The van der Waals surface area contributed by atoms with Crippen LogP contribution in [0, 0.1) is 12.3 Å².